The number of nitrogens with two attached hydrogens (primary N) is 1. The van der Waals surface area contributed by atoms with Crippen LogP contribution < -0.4 is 11.1 Å². The molecule has 0 bridgehead atoms. The minimum absolute atomic E-state index is 0.0159. The largest absolute Gasteiger partial charge is 0.409 e. The van der Waals surface area contributed by atoms with Crippen molar-refractivity contribution in [1.82, 2.24) is 5.32 Å². The Kier molecular flexibility index (Phi) is 3.92. The second kappa shape index (κ2) is 5.48. The quantitative estimate of drug-likeness (QED) is 0.342. The highest BCUT2D eigenvalue weighted by Gasteiger charge is 2.39. The van der Waals surface area contributed by atoms with Gasteiger partial charge in [0.2, 0.25) is 0 Å². The van der Waals surface area contributed by atoms with Crippen molar-refractivity contribution in [3.63, 3.8) is 0 Å². The van der Waals surface area contributed by atoms with E-state index < -0.39 is 5.54 Å². The van der Waals surface area contributed by atoms with Crippen molar-refractivity contribution in [1.29, 1.82) is 0 Å². The first-order valence-corrected chi connectivity index (χ1v) is 6.55. The van der Waals surface area contributed by atoms with E-state index in [2.05, 4.69) is 10.5 Å². The first kappa shape index (κ1) is 14.3. The maximum atomic E-state index is 13.2. The van der Waals surface area contributed by atoms with Crippen LogP contribution in [0.1, 0.15) is 41.6 Å². The topological polar surface area (TPSA) is 87.7 Å². The molecule has 0 spiro atoms. The van der Waals surface area contributed by atoms with Gasteiger partial charge >= 0.3 is 0 Å². The zero-order chi connectivity index (χ0) is 14.8. The molecule has 1 fully saturated rings. The third-order valence-corrected chi connectivity index (χ3v) is 3.83. The Bertz CT molecular complexity index is 551. The lowest BCUT2D eigenvalue weighted by Crippen LogP contribution is -2.55. The van der Waals surface area contributed by atoms with Gasteiger partial charge in [-0.05, 0) is 43.5 Å². The average Bonchev–Trinajstić information content (AvgIpc) is 2.90. The molecule has 0 heterocycles. The maximum absolute atomic E-state index is 13.2. The second-order valence-corrected chi connectivity index (χ2v) is 5.19. The molecule has 4 N–H and O–H groups in total. The van der Waals surface area contributed by atoms with Gasteiger partial charge in [0.1, 0.15) is 11.4 Å². The summed E-state index contributed by atoms with van der Waals surface area (Å²) in [6, 6.07) is 4.17. The lowest BCUT2D eigenvalue weighted by molar-refractivity contribution is 0.0922. The molecule has 2 rings (SSSR count). The van der Waals surface area contributed by atoms with Crippen molar-refractivity contribution < 1.29 is 14.4 Å². The molecule has 1 amide bonds. The van der Waals surface area contributed by atoms with Crippen LogP contribution in [0.4, 0.5) is 4.39 Å². The predicted molar refractivity (Wildman–Crippen MR) is 73.2 cm³/mol. The van der Waals surface area contributed by atoms with Crippen molar-refractivity contribution in [3.05, 3.63) is 35.1 Å². The Balaban J connectivity index is 2.23. The molecule has 1 aliphatic carbocycles. The van der Waals surface area contributed by atoms with Gasteiger partial charge in [0.15, 0.2) is 5.84 Å². The van der Waals surface area contributed by atoms with Crippen LogP contribution in [0, 0.1) is 12.7 Å². The normalized spacial score (nSPS) is 18.0. The zero-order valence-electron chi connectivity index (χ0n) is 11.3. The standard InChI is InChI=1S/C14H18FN3O2/c1-9-8-10(4-5-11(9)15)12(19)17-14(13(16)18-20)6-2-3-7-14/h4-5,8,20H,2-3,6-7H2,1H3,(H2,16,18)(H,17,19). The van der Waals surface area contributed by atoms with Gasteiger partial charge in [-0.2, -0.15) is 0 Å². The summed E-state index contributed by atoms with van der Waals surface area (Å²) in [5.74, 6) is -0.683. The molecule has 0 unspecified atom stereocenters. The second-order valence-electron chi connectivity index (χ2n) is 5.19. The lowest BCUT2D eigenvalue weighted by Gasteiger charge is -2.28. The summed E-state index contributed by atoms with van der Waals surface area (Å²) < 4.78 is 13.2. The monoisotopic (exact) mass is 279 g/mol. The van der Waals surface area contributed by atoms with E-state index in [4.69, 9.17) is 10.9 Å². The Hall–Kier alpha value is -2.11. The summed E-state index contributed by atoms with van der Waals surface area (Å²) in [5.41, 5.74) is 5.69. The molecule has 1 aliphatic rings. The first-order chi connectivity index (χ1) is 9.48. The van der Waals surface area contributed by atoms with Crippen LogP contribution in [0.3, 0.4) is 0 Å². The molecule has 0 aliphatic heterocycles. The molecule has 1 aromatic rings. The third kappa shape index (κ3) is 2.59. The SMILES string of the molecule is Cc1cc(C(=O)NC2(C(N)=NO)CCCC2)ccc1F. The van der Waals surface area contributed by atoms with E-state index in [-0.39, 0.29) is 17.6 Å². The number of carbonyl (C=O) groups excluding carboxylic acids is 1. The van der Waals surface area contributed by atoms with Gasteiger partial charge in [0, 0.05) is 5.56 Å². The molecule has 20 heavy (non-hydrogen) atoms. The van der Waals surface area contributed by atoms with E-state index in [1.807, 2.05) is 0 Å². The summed E-state index contributed by atoms with van der Waals surface area (Å²) in [4.78, 5) is 12.3. The van der Waals surface area contributed by atoms with Crippen LogP contribution in [0.25, 0.3) is 0 Å². The first-order valence-electron chi connectivity index (χ1n) is 6.55. The number of nitrogens with one attached hydrogen (secondary N) is 1. The molecule has 108 valence electrons. The molecular weight excluding hydrogens is 261 g/mol. The van der Waals surface area contributed by atoms with Gasteiger partial charge in [-0.3, -0.25) is 4.79 Å². The van der Waals surface area contributed by atoms with Crippen molar-refractivity contribution in [2.24, 2.45) is 10.9 Å². The number of halogens is 1. The summed E-state index contributed by atoms with van der Waals surface area (Å²) in [6.07, 6.45) is 3.07. The summed E-state index contributed by atoms with van der Waals surface area (Å²) in [6.45, 7) is 1.60. The maximum Gasteiger partial charge on any atom is 0.252 e. The summed E-state index contributed by atoms with van der Waals surface area (Å²) in [7, 11) is 0. The van der Waals surface area contributed by atoms with E-state index in [1.54, 1.807) is 6.92 Å². The van der Waals surface area contributed by atoms with Crippen molar-refractivity contribution in [2.75, 3.05) is 0 Å². The number of amides is 1. The van der Waals surface area contributed by atoms with Crippen LogP contribution in [0.2, 0.25) is 0 Å². The Morgan fingerprint density at radius 2 is 2.10 bits per heavy atom. The molecule has 6 heteroatoms. The van der Waals surface area contributed by atoms with Crippen LogP contribution >= 0.6 is 0 Å². The van der Waals surface area contributed by atoms with Crippen LogP contribution in [-0.2, 0) is 0 Å². The number of hydrogen-bond acceptors (Lipinski definition) is 3. The predicted octanol–water partition coefficient (Wildman–Crippen LogP) is 1.92. The van der Waals surface area contributed by atoms with Crippen molar-refractivity contribution in [3.8, 4) is 0 Å². The number of hydrogen-bond donors (Lipinski definition) is 3. The van der Waals surface area contributed by atoms with Crippen molar-refractivity contribution in [2.45, 2.75) is 38.1 Å². The molecule has 0 radical (unpaired) electrons. The minimum atomic E-state index is -0.797. The van der Waals surface area contributed by atoms with E-state index in [1.165, 1.54) is 18.2 Å². The van der Waals surface area contributed by atoms with Gasteiger partial charge in [-0.1, -0.05) is 18.0 Å². The van der Waals surface area contributed by atoms with Crippen LogP contribution in [-0.4, -0.2) is 22.5 Å². The zero-order valence-corrected chi connectivity index (χ0v) is 11.3. The van der Waals surface area contributed by atoms with E-state index in [9.17, 15) is 9.18 Å². The molecule has 1 aromatic carbocycles. The fraction of sp³-hybridized carbons (Fsp3) is 0.429. The lowest BCUT2D eigenvalue weighted by atomic mass is 9.95. The highest BCUT2D eigenvalue weighted by atomic mass is 19.1. The Labute approximate surface area is 116 Å². The fourth-order valence-electron chi connectivity index (χ4n) is 2.59. The number of oxime groups is 1. The van der Waals surface area contributed by atoms with E-state index >= 15 is 0 Å². The Morgan fingerprint density at radius 1 is 1.45 bits per heavy atom. The van der Waals surface area contributed by atoms with Gasteiger partial charge in [-0.25, -0.2) is 4.39 Å². The van der Waals surface area contributed by atoms with Gasteiger partial charge in [-0.15, -0.1) is 0 Å². The van der Waals surface area contributed by atoms with Crippen molar-refractivity contribution >= 4 is 11.7 Å². The third-order valence-electron chi connectivity index (χ3n) is 3.83. The number of nitrogens with zero attached hydrogens (tertiary/aromatic N) is 1. The van der Waals surface area contributed by atoms with Gasteiger partial charge < -0.3 is 16.3 Å². The van der Waals surface area contributed by atoms with Crippen LogP contribution in [0.15, 0.2) is 23.4 Å². The smallest absolute Gasteiger partial charge is 0.252 e. The average molecular weight is 279 g/mol. The number of amidine groups is 1. The summed E-state index contributed by atoms with van der Waals surface area (Å²) in [5, 5.41) is 14.8. The molecular formula is C14H18FN3O2. The minimum Gasteiger partial charge on any atom is -0.409 e. The number of aryl methyl sites for hydroxylation is 1. The number of rotatable bonds is 3. The number of carbonyl (C=O) groups is 1. The molecule has 0 aromatic heterocycles. The fourth-order valence-corrected chi connectivity index (χ4v) is 2.59. The number of benzene rings is 1. The Morgan fingerprint density at radius 3 is 2.65 bits per heavy atom. The van der Waals surface area contributed by atoms with Crippen LogP contribution in [0.5, 0.6) is 0 Å². The molecule has 0 atom stereocenters. The highest BCUT2D eigenvalue weighted by molar-refractivity contribution is 6.00. The van der Waals surface area contributed by atoms with Gasteiger partial charge in [0.25, 0.3) is 5.91 Å². The van der Waals surface area contributed by atoms with E-state index in [0.29, 0.717) is 24.0 Å². The summed E-state index contributed by atoms with van der Waals surface area (Å²) >= 11 is 0. The molecule has 1 saturated carbocycles. The molecule has 5 nitrogen and oxygen atoms in total. The molecule has 0 saturated heterocycles. The van der Waals surface area contributed by atoms with Gasteiger partial charge in [0.05, 0.1) is 0 Å². The highest BCUT2D eigenvalue weighted by Crippen LogP contribution is 2.30. The van der Waals surface area contributed by atoms with E-state index in [0.717, 1.165) is 12.8 Å².